The minimum atomic E-state index is 0.914. The van der Waals surface area contributed by atoms with Gasteiger partial charge in [0.2, 0.25) is 0 Å². The Morgan fingerprint density at radius 2 is 2.19 bits per heavy atom. The summed E-state index contributed by atoms with van der Waals surface area (Å²) in [5, 5.41) is 7.86. The Labute approximate surface area is 95.9 Å². The van der Waals surface area contributed by atoms with Gasteiger partial charge in [0.15, 0.2) is 5.82 Å². The second kappa shape index (κ2) is 4.53. The van der Waals surface area contributed by atoms with Crippen LogP contribution in [0.2, 0.25) is 0 Å². The molecule has 86 valence electrons. The maximum Gasteiger partial charge on any atom is 0.152 e. The third-order valence-corrected chi connectivity index (χ3v) is 2.64. The first kappa shape index (κ1) is 11.0. The first-order valence-corrected chi connectivity index (χ1v) is 5.51. The minimum absolute atomic E-state index is 0.914. The Kier molecular flexibility index (Phi) is 3.10. The normalized spacial score (nSPS) is 11.2. The average molecular weight is 218 g/mol. The zero-order chi connectivity index (χ0) is 11.5. The van der Waals surface area contributed by atoms with E-state index in [4.69, 9.17) is 0 Å². The van der Waals surface area contributed by atoms with E-state index in [0.29, 0.717) is 0 Å². The molecular formula is C12H18N4. The number of pyridine rings is 1. The van der Waals surface area contributed by atoms with Crippen molar-refractivity contribution in [2.24, 2.45) is 0 Å². The van der Waals surface area contributed by atoms with Crippen LogP contribution in [0.25, 0.3) is 5.52 Å². The summed E-state index contributed by atoms with van der Waals surface area (Å²) in [6.45, 7) is 4.02. The van der Waals surface area contributed by atoms with Crippen LogP contribution in [0.4, 0.5) is 5.82 Å². The zero-order valence-corrected chi connectivity index (χ0v) is 10.1. The Morgan fingerprint density at radius 3 is 2.88 bits per heavy atom. The summed E-state index contributed by atoms with van der Waals surface area (Å²) in [4.78, 5) is 2.15. The summed E-state index contributed by atoms with van der Waals surface area (Å²) in [5.74, 6) is 0.980. The van der Waals surface area contributed by atoms with Crippen molar-refractivity contribution in [3.63, 3.8) is 0 Å². The molecule has 0 spiro atoms. The molecule has 2 heterocycles. The lowest BCUT2D eigenvalue weighted by Crippen LogP contribution is -2.21. The molecule has 0 unspecified atom stereocenters. The molecule has 0 amide bonds. The van der Waals surface area contributed by atoms with Gasteiger partial charge in [-0.2, -0.15) is 5.10 Å². The monoisotopic (exact) mass is 218 g/mol. The van der Waals surface area contributed by atoms with Crippen molar-refractivity contribution in [1.29, 1.82) is 0 Å². The molecule has 4 heteroatoms. The van der Waals surface area contributed by atoms with E-state index in [9.17, 15) is 0 Å². The van der Waals surface area contributed by atoms with Crippen LogP contribution in [0.15, 0.2) is 24.4 Å². The Hall–Kier alpha value is -1.55. The molecule has 0 fully saturated rings. The maximum absolute atomic E-state index is 4.50. The van der Waals surface area contributed by atoms with Crippen molar-refractivity contribution in [2.75, 3.05) is 32.5 Å². The van der Waals surface area contributed by atoms with Gasteiger partial charge in [0.1, 0.15) is 0 Å². The van der Waals surface area contributed by atoms with E-state index in [-0.39, 0.29) is 0 Å². The van der Waals surface area contributed by atoms with Gasteiger partial charge in [0.25, 0.3) is 0 Å². The molecule has 1 N–H and O–H groups in total. The van der Waals surface area contributed by atoms with Gasteiger partial charge in [-0.25, -0.2) is 4.52 Å². The standard InChI is InChI=1S/C12H18N4/c1-10-11-6-4-5-8-16(11)14-12(10)13-7-9-15(2)3/h4-6,8H,7,9H2,1-3H3,(H,13,14). The highest BCUT2D eigenvalue weighted by molar-refractivity contribution is 5.64. The van der Waals surface area contributed by atoms with Crippen LogP contribution < -0.4 is 5.32 Å². The van der Waals surface area contributed by atoms with Crippen molar-refractivity contribution >= 4 is 11.3 Å². The quantitative estimate of drug-likeness (QED) is 0.846. The number of nitrogens with zero attached hydrogens (tertiary/aromatic N) is 3. The first-order valence-electron chi connectivity index (χ1n) is 5.51. The lowest BCUT2D eigenvalue weighted by atomic mass is 10.3. The third kappa shape index (κ3) is 2.17. The minimum Gasteiger partial charge on any atom is -0.367 e. The first-order chi connectivity index (χ1) is 7.68. The summed E-state index contributed by atoms with van der Waals surface area (Å²) in [5.41, 5.74) is 2.37. The number of fused-ring (bicyclic) bond motifs is 1. The number of aromatic nitrogens is 2. The number of likely N-dealkylation sites (N-methyl/N-ethyl adjacent to an activating group) is 1. The van der Waals surface area contributed by atoms with Gasteiger partial charge in [0.05, 0.1) is 5.52 Å². The molecule has 0 aliphatic carbocycles. The molecule has 16 heavy (non-hydrogen) atoms. The van der Waals surface area contributed by atoms with E-state index >= 15 is 0 Å². The molecule has 0 aromatic carbocycles. The van der Waals surface area contributed by atoms with Crippen LogP contribution in [0.5, 0.6) is 0 Å². The second-order valence-electron chi connectivity index (χ2n) is 4.23. The number of rotatable bonds is 4. The lowest BCUT2D eigenvalue weighted by molar-refractivity contribution is 0.425. The molecule has 0 saturated carbocycles. The van der Waals surface area contributed by atoms with Crippen molar-refractivity contribution < 1.29 is 0 Å². The average Bonchev–Trinajstić information content (AvgIpc) is 2.56. The molecule has 0 atom stereocenters. The number of aryl methyl sites for hydroxylation is 1. The molecule has 2 rings (SSSR count). The van der Waals surface area contributed by atoms with Gasteiger partial charge in [0, 0.05) is 24.8 Å². The Balaban J connectivity index is 2.15. The van der Waals surface area contributed by atoms with E-state index in [0.717, 1.165) is 24.4 Å². The van der Waals surface area contributed by atoms with Gasteiger partial charge in [-0.05, 0) is 33.2 Å². The van der Waals surface area contributed by atoms with E-state index in [1.807, 2.05) is 22.8 Å². The smallest absolute Gasteiger partial charge is 0.152 e. The molecule has 0 bridgehead atoms. The molecule has 2 aromatic heterocycles. The molecule has 0 saturated heterocycles. The zero-order valence-electron chi connectivity index (χ0n) is 10.1. The summed E-state index contributed by atoms with van der Waals surface area (Å²) in [7, 11) is 4.14. The fourth-order valence-electron chi connectivity index (χ4n) is 1.69. The fourth-order valence-corrected chi connectivity index (χ4v) is 1.69. The summed E-state index contributed by atoms with van der Waals surface area (Å²) < 4.78 is 1.91. The van der Waals surface area contributed by atoms with E-state index in [1.54, 1.807) is 0 Å². The maximum atomic E-state index is 4.50. The highest BCUT2D eigenvalue weighted by atomic mass is 15.3. The second-order valence-corrected chi connectivity index (χ2v) is 4.23. The van der Waals surface area contributed by atoms with Crippen LogP contribution in [0, 0.1) is 6.92 Å². The van der Waals surface area contributed by atoms with Crippen molar-refractivity contribution in [3.8, 4) is 0 Å². The summed E-state index contributed by atoms with van der Waals surface area (Å²) in [6.07, 6.45) is 1.97. The highest BCUT2D eigenvalue weighted by Crippen LogP contribution is 2.18. The molecular weight excluding hydrogens is 200 g/mol. The van der Waals surface area contributed by atoms with Gasteiger partial charge in [-0.1, -0.05) is 6.07 Å². The van der Waals surface area contributed by atoms with Crippen LogP contribution in [0.3, 0.4) is 0 Å². The van der Waals surface area contributed by atoms with Crippen molar-refractivity contribution in [2.45, 2.75) is 6.92 Å². The van der Waals surface area contributed by atoms with Crippen LogP contribution in [-0.4, -0.2) is 41.7 Å². The highest BCUT2D eigenvalue weighted by Gasteiger charge is 2.06. The van der Waals surface area contributed by atoms with Crippen molar-refractivity contribution in [3.05, 3.63) is 30.0 Å². The Morgan fingerprint density at radius 1 is 1.38 bits per heavy atom. The van der Waals surface area contributed by atoms with Crippen LogP contribution in [0.1, 0.15) is 5.56 Å². The Bertz CT molecular complexity index is 473. The van der Waals surface area contributed by atoms with Crippen molar-refractivity contribution in [1.82, 2.24) is 14.5 Å². The van der Waals surface area contributed by atoms with Crippen LogP contribution >= 0.6 is 0 Å². The molecule has 0 radical (unpaired) electrons. The number of anilines is 1. The SMILES string of the molecule is Cc1c(NCCN(C)C)nn2ccccc12. The van der Waals surface area contributed by atoms with Crippen LogP contribution in [-0.2, 0) is 0 Å². The van der Waals surface area contributed by atoms with E-state index < -0.39 is 0 Å². The topological polar surface area (TPSA) is 32.6 Å². The number of nitrogens with one attached hydrogen (secondary N) is 1. The molecule has 0 aliphatic rings. The van der Waals surface area contributed by atoms with E-state index in [2.05, 4.69) is 42.4 Å². The lowest BCUT2D eigenvalue weighted by Gasteiger charge is -2.09. The molecule has 0 aliphatic heterocycles. The fraction of sp³-hybridized carbons (Fsp3) is 0.417. The van der Waals surface area contributed by atoms with Gasteiger partial charge < -0.3 is 10.2 Å². The largest absolute Gasteiger partial charge is 0.367 e. The third-order valence-electron chi connectivity index (χ3n) is 2.64. The van der Waals surface area contributed by atoms with Gasteiger partial charge in [-0.3, -0.25) is 0 Å². The number of hydrogen-bond donors (Lipinski definition) is 1. The predicted octanol–water partition coefficient (Wildman–Crippen LogP) is 1.62. The molecule has 2 aromatic rings. The predicted molar refractivity (Wildman–Crippen MR) is 67.0 cm³/mol. The van der Waals surface area contributed by atoms with Gasteiger partial charge in [-0.15, -0.1) is 0 Å². The number of hydrogen-bond acceptors (Lipinski definition) is 3. The summed E-state index contributed by atoms with van der Waals surface area (Å²) in [6, 6.07) is 6.11. The van der Waals surface area contributed by atoms with Gasteiger partial charge >= 0.3 is 0 Å². The van der Waals surface area contributed by atoms with E-state index in [1.165, 1.54) is 5.56 Å². The summed E-state index contributed by atoms with van der Waals surface area (Å²) >= 11 is 0. The molecule has 4 nitrogen and oxygen atoms in total.